The molecule has 0 fully saturated rings. The van der Waals surface area contributed by atoms with Crippen LogP contribution in [0, 0.1) is 11.3 Å². The monoisotopic (exact) mass is 220 g/mol. The molecule has 1 aromatic heterocycles. The van der Waals surface area contributed by atoms with Gasteiger partial charge in [0.15, 0.2) is 0 Å². The number of rotatable bonds is 1. The van der Waals surface area contributed by atoms with Crippen LogP contribution in [-0.4, -0.2) is 12.1 Å². The van der Waals surface area contributed by atoms with Gasteiger partial charge >= 0.3 is 12.1 Å². The minimum absolute atomic E-state index is 0.0209. The van der Waals surface area contributed by atoms with Gasteiger partial charge in [0.05, 0.1) is 5.56 Å². The highest BCUT2D eigenvalue weighted by Crippen LogP contribution is 2.25. The molecule has 0 aliphatic carbocycles. The first-order valence-corrected chi connectivity index (χ1v) is 4.19. The molecule has 0 radical (unpaired) electrons. The van der Waals surface area contributed by atoms with Crippen molar-refractivity contribution in [2.45, 2.75) is 6.18 Å². The fourth-order valence-corrected chi connectivity index (χ4v) is 1.40. The first-order chi connectivity index (χ1) is 6.45. The van der Waals surface area contributed by atoms with Crippen molar-refractivity contribution < 1.29 is 18.0 Å². The number of anilines is 1. The SMILES string of the molecule is N#Cc1ccsc1NC(=O)C(F)(F)F. The van der Waals surface area contributed by atoms with Gasteiger partial charge in [0.2, 0.25) is 0 Å². The molecule has 0 spiro atoms. The number of nitrogens with one attached hydrogen (secondary N) is 1. The van der Waals surface area contributed by atoms with Gasteiger partial charge in [0.25, 0.3) is 0 Å². The van der Waals surface area contributed by atoms with Crippen LogP contribution < -0.4 is 5.32 Å². The molecule has 0 aliphatic heterocycles. The summed E-state index contributed by atoms with van der Waals surface area (Å²) in [6.45, 7) is 0. The van der Waals surface area contributed by atoms with Gasteiger partial charge in [0, 0.05) is 0 Å². The number of hydrogen-bond acceptors (Lipinski definition) is 3. The van der Waals surface area contributed by atoms with E-state index in [1.54, 1.807) is 11.4 Å². The molecule has 3 nitrogen and oxygen atoms in total. The summed E-state index contributed by atoms with van der Waals surface area (Å²) in [5.74, 6) is -2.07. The zero-order valence-corrected chi connectivity index (χ0v) is 7.37. The molecule has 0 saturated heterocycles. The predicted molar refractivity (Wildman–Crippen MR) is 43.7 cm³/mol. The highest BCUT2D eigenvalue weighted by atomic mass is 32.1. The van der Waals surface area contributed by atoms with Crippen molar-refractivity contribution in [1.82, 2.24) is 0 Å². The Morgan fingerprint density at radius 3 is 2.71 bits per heavy atom. The second-order valence-electron chi connectivity index (χ2n) is 2.23. The summed E-state index contributed by atoms with van der Waals surface area (Å²) in [7, 11) is 0. The second-order valence-corrected chi connectivity index (χ2v) is 3.14. The van der Waals surface area contributed by atoms with E-state index in [4.69, 9.17) is 5.26 Å². The van der Waals surface area contributed by atoms with Gasteiger partial charge in [-0.2, -0.15) is 18.4 Å². The van der Waals surface area contributed by atoms with Crippen molar-refractivity contribution in [3.05, 3.63) is 17.0 Å². The molecular formula is C7H3F3N2OS. The summed E-state index contributed by atoms with van der Waals surface area (Å²) in [6.07, 6.45) is -4.93. The number of hydrogen-bond donors (Lipinski definition) is 1. The van der Waals surface area contributed by atoms with Gasteiger partial charge in [0.1, 0.15) is 11.1 Å². The average molecular weight is 220 g/mol. The number of halogens is 3. The Labute approximate surface area is 80.8 Å². The molecule has 1 N–H and O–H groups in total. The van der Waals surface area contributed by atoms with Gasteiger partial charge in [-0.3, -0.25) is 4.79 Å². The van der Waals surface area contributed by atoms with Crippen LogP contribution in [-0.2, 0) is 4.79 Å². The molecule has 1 amide bonds. The lowest BCUT2D eigenvalue weighted by atomic mass is 10.3. The zero-order valence-electron chi connectivity index (χ0n) is 6.55. The minimum Gasteiger partial charge on any atom is -0.309 e. The van der Waals surface area contributed by atoms with Gasteiger partial charge in [-0.15, -0.1) is 11.3 Å². The summed E-state index contributed by atoms with van der Waals surface area (Å²) in [5, 5.41) is 11.4. The maximum absolute atomic E-state index is 11.8. The van der Waals surface area contributed by atoms with Crippen molar-refractivity contribution in [2.75, 3.05) is 5.32 Å². The van der Waals surface area contributed by atoms with Crippen molar-refractivity contribution in [3.63, 3.8) is 0 Å². The number of amides is 1. The van der Waals surface area contributed by atoms with Crippen LogP contribution in [0.1, 0.15) is 5.56 Å². The third kappa shape index (κ3) is 2.23. The summed E-state index contributed by atoms with van der Waals surface area (Å²) in [4.78, 5) is 10.5. The number of carbonyl (C=O) groups excluding carboxylic acids is 1. The van der Waals surface area contributed by atoms with Crippen LogP contribution in [0.5, 0.6) is 0 Å². The van der Waals surface area contributed by atoms with Gasteiger partial charge in [-0.25, -0.2) is 0 Å². The fourth-order valence-electron chi connectivity index (χ4n) is 0.668. The number of nitrogens with zero attached hydrogens (tertiary/aromatic N) is 1. The molecule has 7 heteroatoms. The summed E-state index contributed by atoms with van der Waals surface area (Å²) < 4.78 is 35.4. The van der Waals surface area contributed by atoms with Gasteiger partial charge in [-0.05, 0) is 11.4 Å². The molecular weight excluding hydrogens is 217 g/mol. The highest BCUT2D eigenvalue weighted by molar-refractivity contribution is 7.14. The third-order valence-electron chi connectivity index (χ3n) is 1.27. The Bertz CT molecular complexity index is 390. The average Bonchev–Trinajstić information content (AvgIpc) is 2.50. The second kappa shape index (κ2) is 3.67. The molecule has 1 aromatic rings. The lowest BCUT2D eigenvalue weighted by Gasteiger charge is -2.05. The third-order valence-corrected chi connectivity index (χ3v) is 2.10. The summed E-state index contributed by atoms with van der Waals surface area (Å²) in [6, 6.07) is 2.99. The predicted octanol–water partition coefficient (Wildman–Crippen LogP) is 2.12. The molecule has 74 valence electrons. The first-order valence-electron chi connectivity index (χ1n) is 3.31. The molecule has 0 aliphatic rings. The van der Waals surface area contributed by atoms with E-state index in [0.717, 1.165) is 11.3 Å². The highest BCUT2D eigenvalue weighted by Gasteiger charge is 2.39. The van der Waals surface area contributed by atoms with E-state index in [9.17, 15) is 18.0 Å². The number of carbonyl (C=O) groups is 1. The fraction of sp³-hybridized carbons (Fsp3) is 0.143. The minimum atomic E-state index is -4.93. The largest absolute Gasteiger partial charge is 0.471 e. The Morgan fingerprint density at radius 2 is 2.21 bits per heavy atom. The van der Waals surface area contributed by atoms with Gasteiger partial charge < -0.3 is 5.32 Å². The van der Waals surface area contributed by atoms with Crippen molar-refractivity contribution in [1.29, 1.82) is 5.26 Å². The summed E-state index contributed by atoms with van der Waals surface area (Å²) in [5.41, 5.74) is 0.0209. The van der Waals surface area contributed by atoms with E-state index >= 15 is 0 Å². The van der Waals surface area contributed by atoms with E-state index in [1.807, 2.05) is 0 Å². The summed E-state index contributed by atoms with van der Waals surface area (Å²) >= 11 is 0.864. The lowest BCUT2D eigenvalue weighted by Crippen LogP contribution is -2.29. The molecule has 0 unspecified atom stereocenters. The number of alkyl halides is 3. The Hall–Kier alpha value is -1.55. The number of thiophene rings is 1. The smallest absolute Gasteiger partial charge is 0.309 e. The van der Waals surface area contributed by atoms with E-state index in [2.05, 4.69) is 0 Å². The Morgan fingerprint density at radius 1 is 1.57 bits per heavy atom. The van der Waals surface area contributed by atoms with E-state index in [0.29, 0.717) is 0 Å². The maximum atomic E-state index is 11.8. The molecule has 0 saturated carbocycles. The quantitative estimate of drug-likeness (QED) is 0.788. The maximum Gasteiger partial charge on any atom is 0.471 e. The van der Waals surface area contributed by atoms with Crippen molar-refractivity contribution >= 4 is 22.2 Å². The Kier molecular flexibility index (Phi) is 2.76. The Balaban J connectivity index is 2.81. The van der Waals surface area contributed by atoms with E-state index in [1.165, 1.54) is 11.4 Å². The molecule has 1 rings (SSSR count). The van der Waals surface area contributed by atoms with Crippen molar-refractivity contribution in [2.24, 2.45) is 0 Å². The normalized spacial score (nSPS) is 10.7. The topological polar surface area (TPSA) is 52.9 Å². The molecule has 14 heavy (non-hydrogen) atoms. The molecule has 0 atom stereocenters. The van der Waals surface area contributed by atoms with E-state index < -0.39 is 12.1 Å². The standard InChI is InChI=1S/C7H3F3N2OS/c8-7(9,10)6(13)12-5-4(3-11)1-2-14-5/h1-2H,(H,12,13). The lowest BCUT2D eigenvalue weighted by molar-refractivity contribution is -0.167. The first kappa shape index (κ1) is 10.5. The van der Waals surface area contributed by atoms with Crippen molar-refractivity contribution in [3.8, 4) is 6.07 Å². The van der Waals surface area contributed by atoms with Crippen LogP contribution in [0.2, 0.25) is 0 Å². The van der Waals surface area contributed by atoms with Gasteiger partial charge in [-0.1, -0.05) is 0 Å². The van der Waals surface area contributed by atoms with Crippen LogP contribution in [0.3, 0.4) is 0 Å². The molecule has 0 bridgehead atoms. The molecule has 1 heterocycles. The number of nitriles is 1. The van der Waals surface area contributed by atoms with Crippen LogP contribution in [0.15, 0.2) is 11.4 Å². The van der Waals surface area contributed by atoms with Crippen LogP contribution in [0.4, 0.5) is 18.2 Å². The van der Waals surface area contributed by atoms with Crippen LogP contribution >= 0.6 is 11.3 Å². The van der Waals surface area contributed by atoms with Crippen LogP contribution in [0.25, 0.3) is 0 Å². The zero-order chi connectivity index (χ0) is 10.8. The molecule has 0 aromatic carbocycles. The van der Waals surface area contributed by atoms with E-state index in [-0.39, 0.29) is 10.6 Å².